The molecule has 164 valence electrons. The van der Waals surface area contributed by atoms with E-state index >= 15 is 0 Å². The van der Waals surface area contributed by atoms with E-state index in [2.05, 4.69) is 15.1 Å². The second kappa shape index (κ2) is 8.35. The van der Waals surface area contributed by atoms with Gasteiger partial charge in [0.1, 0.15) is 17.5 Å². The molecule has 0 unspecified atom stereocenters. The molecule has 0 atom stereocenters. The summed E-state index contributed by atoms with van der Waals surface area (Å²) in [5, 5.41) is 4.49. The molecule has 2 aromatic heterocycles. The predicted octanol–water partition coefficient (Wildman–Crippen LogP) is 2.38. The van der Waals surface area contributed by atoms with E-state index in [9.17, 15) is 12.8 Å². The molecule has 3 heterocycles. The molecule has 0 spiro atoms. The Hall–Kier alpha value is -2.85. The molecule has 0 saturated carbocycles. The van der Waals surface area contributed by atoms with Crippen molar-refractivity contribution in [2.45, 2.75) is 26.5 Å². The fourth-order valence-corrected chi connectivity index (χ4v) is 5.30. The van der Waals surface area contributed by atoms with Gasteiger partial charge in [-0.1, -0.05) is 18.2 Å². The first-order valence-corrected chi connectivity index (χ1v) is 11.7. The van der Waals surface area contributed by atoms with Gasteiger partial charge in [-0.3, -0.25) is 0 Å². The monoisotopic (exact) mass is 444 g/mol. The van der Waals surface area contributed by atoms with Crippen LogP contribution in [0, 0.1) is 26.6 Å². The van der Waals surface area contributed by atoms with Crippen LogP contribution in [-0.4, -0.2) is 58.7 Å². The van der Waals surface area contributed by atoms with Gasteiger partial charge in [0.2, 0.25) is 10.0 Å². The lowest BCUT2D eigenvalue weighted by molar-refractivity contribution is 0.382. The average Bonchev–Trinajstić information content (AvgIpc) is 3.07. The van der Waals surface area contributed by atoms with Crippen LogP contribution >= 0.6 is 0 Å². The summed E-state index contributed by atoms with van der Waals surface area (Å²) in [4.78, 5) is 11.1. The van der Waals surface area contributed by atoms with Crippen molar-refractivity contribution in [1.29, 1.82) is 0 Å². The molecule has 0 radical (unpaired) electrons. The quantitative estimate of drug-likeness (QED) is 0.601. The Morgan fingerprint density at radius 1 is 0.968 bits per heavy atom. The molecular formula is C21H25FN6O2S. The number of piperazine rings is 1. The van der Waals surface area contributed by atoms with E-state index in [0.29, 0.717) is 37.8 Å². The summed E-state index contributed by atoms with van der Waals surface area (Å²) < 4.78 is 42.7. The molecule has 4 rings (SSSR count). The molecule has 1 aliphatic rings. The number of sulfonamides is 1. The van der Waals surface area contributed by atoms with Crippen molar-refractivity contribution >= 4 is 15.8 Å². The maximum atomic E-state index is 13.9. The highest BCUT2D eigenvalue weighted by atomic mass is 32.2. The topological polar surface area (TPSA) is 84.2 Å². The van der Waals surface area contributed by atoms with Crippen molar-refractivity contribution in [2.75, 3.05) is 31.1 Å². The second-order valence-electron chi connectivity index (χ2n) is 7.70. The van der Waals surface area contributed by atoms with Crippen LogP contribution in [-0.2, 0) is 15.8 Å². The normalized spacial score (nSPS) is 15.4. The third-order valence-corrected chi connectivity index (χ3v) is 7.12. The number of hydrogen-bond acceptors (Lipinski definition) is 6. The number of anilines is 1. The molecule has 0 aliphatic carbocycles. The number of nitrogens with zero attached hydrogens (tertiary/aromatic N) is 6. The SMILES string of the molecule is Cc1cc(C)n(-c2cc(N3CCN(S(=O)(=O)Cc4ccccc4F)CC3)nc(C)n2)n1. The minimum Gasteiger partial charge on any atom is -0.354 e. The second-order valence-corrected chi connectivity index (χ2v) is 9.67. The zero-order chi connectivity index (χ0) is 22.2. The van der Waals surface area contributed by atoms with Gasteiger partial charge < -0.3 is 4.90 Å². The van der Waals surface area contributed by atoms with Crippen molar-refractivity contribution in [3.8, 4) is 5.82 Å². The van der Waals surface area contributed by atoms with Gasteiger partial charge in [0.05, 0.1) is 11.4 Å². The van der Waals surface area contributed by atoms with Crippen LogP contribution in [0.5, 0.6) is 0 Å². The maximum absolute atomic E-state index is 13.9. The van der Waals surface area contributed by atoms with Crippen LogP contribution in [0.15, 0.2) is 36.4 Å². The molecule has 0 amide bonds. The van der Waals surface area contributed by atoms with Gasteiger partial charge in [-0.05, 0) is 32.9 Å². The van der Waals surface area contributed by atoms with E-state index in [1.165, 1.54) is 16.4 Å². The van der Waals surface area contributed by atoms with E-state index in [4.69, 9.17) is 0 Å². The van der Waals surface area contributed by atoms with Gasteiger partial charge in [-0.15, -0.1) is 0 Å². The summed E-state index contributed by atoms with van der Waals surface area (Å²) in [5.74, 6) is 1.20. The van der Waals surface area contributed by atoms with Crippen molar-refractivity contribution in [2.24, 2.45) is 0 Å². The molecule has 1 aromatic carbocycles. The predicted molar refractivity (Wildman–Crippen MR) is 116 cm³/mol. The van der Waals surface area contributed by atoms with Crippen molar-refractivity contribution in [1.82, 2.24) is 24.1 Å². The summed E-state index contributed by atoms with van der Waals surface area (Å²) in [5.41, 5.74) is 2.07. The highest BCUT2D eigenvalue weighted by molar-refractivity contribution is 7.88. The lowest BCUT2D eigenvalue weighted by atomic mass is 10.2. The number of rotatable bonds is 5. The highest BCUT2D eigenvalue weighted by Gasteiger charge is 2.28. The zero-order valence-electron chi connectivity index (χ0n) is 17.8. The fourth-order valence-electron chi connectivity index (χ4n) is 3.77. The van der Waals surface area contributed by atoms with Gasteiger partial charge >= 0.3 is 0 Å². The molecular weight excluding hydrogens is 419 g/mol. The molecule has 1 saturated heterocycles. The van der Waals surface area contributed by atoms with Crippen molar-refractivity contribution < 1.29 is 12.8 Å². The summed E-state index contributed by atoms with van der Waals surface area (Å²) in [6.45, 7) is 7.33. The number of aryl methyl sites for hydroxylation is 3. The van der Waals surface area contributed by atoms with Gasteiger partial charge in [-0.25, -0.2) is 27.5 Å². The summed E-state index contributed by atoms with van der Waals surface area (Å²) in [6, 6.07) is 9.83. The Labute approximate surface area is 181 Å². The first kappa shape index (κ1) is 21.4. The third kappa shape index (κ3) is 4.59. The van der Waals surface area contributed by atoms with Crippen LogP contribution in [0.2, 0.25) is 0 Å². The number of aromatic nitrogens is 4. The number of hydrogen-bond donors (Lipinski definition) is 0. The first-order valence-electron chi connectivity index (χ1n) is 10.1. The highest BCUT2D eigenvalue weighted by Crippen LogP contribution is 2.21. The van der Waals surface area contributed by atoms with Gasteiger partial charge in [0.15, 0.2) is 5.82 Å². The standard InChI is InChI=1S/C21H25FN6O2S/c1-15-12-16(2)28(25-15)21-13-20(23-17(3)24-21)26-8-10-27(11-9-26)31(29,30)14-18-6-4-5-7-19(18)22/h4-7,12-13H,8-11,14H2,1-3H3. The van der Waals surface area contributed by atoms with Crippen molar-refractivity contribution in [3.05, 3.63) is 65.0 Å². The minimum atomic E-state index is -3.61. The number of halogens is 1. The Balaban J connectivity index is 1.49. The van der Waals surface area contributed by atoms with E-state index in [0.717, 1.165) is 17.2 Å². The van der Waals surface area contributed by atoms with Crippen LogP contribution in [0.3, 0.4) is 0 Å². The summed E-state index contributed by atoms with van der Waals surface area (Å²) in [7, 11) is -3.61. The first-order chi connectivity index (χ1) is 14.7. The molecule has 1 aliphatic heterocycles. The van der Waals surface area contributed by atoms with E-state index < -0.39 is 15.8 Å². The van der Waals surface area contributed by atoms with E-state index in [1.807, 2.05) is 37.8 Å². The Kier molecular flexibility index (Phi) is 5.76. The average molecular weight is 445 g/mol. The van der Waals surface area contributed by atoms with Crippen LogP contribution in [0.25, 0.3) is 5.82 Å². The molecule has 0 N–H and O–H groups in total. The zero-order valence-corrected chi connectivity index (χ0v) is 18.6. The fraction of sp³-hybridized carbons (Fsp3) is 0.381. The van der Waals surface area contributed by atoms with E-state index in [1.54, 1.807) is 16.8 Å². The summed E-state index contributed by atoms with van der Waals surface area (Å²) >= 11 is 0. The summed E-state index contributed by atoms with van der Waals surface area (Å²) in [6.07, 6.45) is 0. The molecule has 3 aromatic rings. The molecule has 10 heteroatoms. The Morgan fingerprint density at radius 2 is 1.65 bits per heavy atom. The smallest absolute Gasteiger partial charge is 0.218 e. The van der Waals surface area contributed by atoms with Crippen molar-refractivity contribution in [3.63, 3.8) is 0 Å². The van der Waals surface area contributed by atoms with Crippen LogP contribution in [0.4, 0.5) is 10.2 Å². The number of benzene rings is 1. The minimum absolute atomic E-state index is 0.186. The van der Waals surface area contributed by atoms with Gasteiger partial charge in [-0.2, -0.15) is 9.40 Å². The third-order valence-electron chi connectivity index (χ3n) is 5.29. The Bertz CT molecular complexity index is 1200. The van der Waals surface area contributed by atoms with Gasteiger partial charge in [0, 0.05) is 43.5 Å². The maximum Gasteiger partial charge on any atom is 0.218 e. The van der Waals surface area contributed by atoms with Crippen LogP contribution in [0.1, 0.15) is 22.8 Å². The lowest BCUT2D eigenvalue weighted by Crippen LogP contribution is -2.49. The molecule has 8 nitrogen and oxygen atoms in total. The van der Waals surface area contributed by atoms with E-state index in [-0.39, 0.29) is 11.3 Å². The molecule has 1 fully saturated rings. The molecule has 31 heavy (non-hydrogen) atoms. The molecule has 0 bridgehead atoms. The largest absolute Gasteiger partial charge is 0.354 e. The Morgan fingerprint density at radius 3 is 2.29 bits per heavy atom. The lowest BCUT2D eigenvalue weighted by Gasteiger charge is -2.34. The van der Waals surface area contributed by atoms with Gasteiger partial charge in [0.25, 0.3) is 0 Å². The van der Waals surface area contributed by atoms with Crippen LogP contribution < -0.4 is 4.90 Å².